The molecule has 0 unspecified atom stereocenters. The zero-order valence-electron chi connectivity index (χ0n) is 17.3. The summed E-state index contributed by atoms with van der Waals surface area (Å²) in [6.45, 7) is 2.67. The Labute approximate surface area is 176 Å². The van der Waals surface area contributed by atoms with Crippen LogP contribution in [0, 0.1) is 6.92 Å². The Hall–Kier alpha value is -3.31. The highest BCUT2D eigenvalue weighted by Crippen LogP contribution is 2.26. The summed E-state index contributed by atoms with van der Waals surface area (Å²) in [6.07, 6.45) is 0.0182. The molecule has 5 nitrogen and oxygen atoms in total. The molecule has 0 bridgehead atoms. The lowest BCUT2D eigenvalue weighted by Gasteiger charge is -2.17. The first-order valence-electron chi connectivity index (χ1n) is 10.1. The van der Waals surface area contributed by atoms with Crippen molar-refractivity contribution in [3.8, 4) is 11.5 Å². The normalized spacial score (nSPS) is 12.1. The summed E-state index contributed by atoms with van der Waals surface area (Å²) in [7, 11) is 1.61. The van der Waals surface area contributed by atoms with E-state index in [1.165, 1.54) is 11.1 Å². The van der Waals surface area contributed by atoms with Gasteiger partial charge in [0.25, 0.3) is 0 Å². The summed E-state index contributed by atoms with van der Waals surface area (Å²) in [6, 6.07) is 23.8. The van der Waals surface area contributed by atoms with Gasteiger partial charge in [0.05, 0.1) is 24.7 Å². The van der Waals surface area contributed by atoms with Gasteiger partial charge in [0, 0.05) is 6.42 Å². The minimum Gasteiger partial charge on any atom is -0.493 e. The van der Waals surface area contributed by atoms with E-state index in [0.29, 0.717) is 24.5 Å². The van der Waals surface area contributed by atoms with Crippen LogP contribution in [0.4, 0.5) is 0 Å². The fraction of sp³-hybridized carbons (Fsp3) is 0.240. The Balaban J connectivity index is 1.56. The van der Waals surface area contributed by atoms with E-state index in [4.69, 9.17) is 14.5 Å². The summed E-state index contributed by atoms with van der Waals surface area (Å²) < 4.78 is 13.2. The Bertz CT molecular complexity index is 1140. The summed E-state index contributed by atoms with van der Waals surface area (Å²) in [5, 5.41) is 10.7. The minimum absolute atomic E-state index is 0.163. The molecule has 0 aliphatic carbocycles. The van der Waals surface area contributed by atoms with E-state index in [2.05, 4.69) is 23.6 Å². The van der Waals surface area contributed by atoms with Gasteiger partial charge >= 0.3 is 0 Å². The Morgan fingerprint density at radius 1 is 0.933 bits per heavy atom. The maximum atomic E-state index is 10.7. The average molecular weight is 402 g/mol. The summed E-state index contributed by atoms with van der Waals surface area (Å²) in [5.74, 6) is 2.20. The number of methoxy groups -OCH3 is 1. The molecule has 0 aliphatic heterocycles. The maximum Gasteiger partial charge on any atom is 0.161 e. The molecule has 1 heterocycles. The molecule has 0 radical (unpaired) electrons. The van der Waals surface area contributed by atoms with Gasteiger partial charge in [-0.05, 0) is 42.3 Å². The SMILES string of the molecule is COc1ccccc1OC[C@H](O)Cn1c(Cc2ccccc2C)nc2ccccc21. The molecule has 0 amide bonds. The van der Waals surface area contributed by atoms with Crippen molar-refractivity contribution in [3.05, 3.63) is 89.7 Å². The largest absolute Gasteiger partial charge is 0.493 e. The number of hydrogen-bond acceptors (Lipinski definition) is 4. The van der Waals surface area contributed by atoms with E-state index >= 15 is 0 Å². The zero-order chi connectivity index (χ0) is 20.9. The molecule has 0 saturated carbocycles. The number of aliphatic hydroxyl groups excluding tert-OH is 1. The first kappa shape index (κ1) is 20.0. The number of benzene rings is 3. The number of aryl methyl sites for hydroxylation is 1. The van der Waals surface area contributed by atoms with Crippen LogP contribution >= 0.6 is 0 Å². The lowest BCUT2D eigenvalue weighted by atomic mass is 10.1. The number of hydrogen-bond donors (Lipinski definition) is 1. The van der Waals surface area contributed by atoms with Crippen molar-refractivity contribution < 1.29 is 14.6 Å². The highest BCUT2D eigenvalue weighted by Gasteiger charge is 2.16. The van der Waals surface area contributed by atoms with E-state index in [1.54, 1.807) is 7.11 Å². The second-order valence-corrected chi connectivity index (χ2v) is 7.35. The van der Waals surface area contributed by atoms with Gasteiger partial charge in [-0.3, -0.25) is 0 Å². The van der Waals surface area contributed by atoms with Crippen molar-refractivity contribution in [1.29, 1.82) is 0 Å². The predicted molar refractivity (Wildman–Crippen MR) is 118 cm³/mol. The number of nitrogens with zero attached hydrogens (tertiary/aromatic N) is 2. The van der Waals surface area contributed by atoms with Gasteiger partial charge in [-0.1, -0.05) is 48.5 Å². The Kier molecular flexibility index (Phi) is 6.00. The number of para-hydroxylation sites is 4. The third-order valence-electron chi connectivity index (χ3n) is 5.24. The maximum absolute atomic E-state index is 10.7. The quantitative estimate of drug-likeness (QED) is 0.475. The van der Waals surface area contributed by atoms with E-state index in [9.17, 15) is 5.11 Å². The molecule has 30 heavy (non-hydrogen) atoms. The molecule has 0 fully saturated rings. The molecule has 154 valence electrons. The van der Waals surface area contributed by atoms with Gasteiger partial charge in [0.1, 0.15) is 18.5 Å². The topological polar surface area (TPSA) is 56.5 Å². The average Bonchev–Trinajstić information content (AvgIpc) is 3.11. The molecule has 5 heteroatoms. The number of aromatic nitrogens is 2. The number of ether oxygens (including phenoxy) is 2. The summed E-state index contributed by atoms with van der Waals surface area (Å²) in [5.41, 5.74) is 4.40. The van der Waals surface area contributed by atoms with Gasteiger partial charge in [-0.15, -0.1) is 0 Å². The Morgan fingerprint density at radius 2 is 1.63 bits per heavy atom. The van der Waals surface area contributed by atoms with Crippen molar-refractivity contribution in [2.24, 2.45) is 0 Å². The standard InChI is InChI=1S/C25H26N2O3/c1-18-9-3-4-10-19(18)15-25-26-21-11-5-6-12-22(21)27(25)16-20(28)17-30-24-14-8-7-13-23(24)29-2/h3-14,20,28H,15-17H2,1-2H3/t20-/m1/s1. The number of fused-ring (bicyclic) bond motifs is 1. The third kappa shape index (κ3) is 4.31. The van der Waals surface area contributed by atoms with Gasteiger partial charge in [0.15, 0.2) is 11.5 Å². The number of imidazole rings is 1. The first-order chi connectivity index (χ1) is 14.7. The summed E-state index contributed by atoms with van der Waals surface area (Å²) in [4.78, 5) is 4.84. The van der Waals surface area contributed by atoms with Crippen LogP contribution in [0.25, 0.3) is 11.0 Å². The van der Waals surface area contributed by atoms with Crippen LogP contribution in [0.1, 0.15) is 17.0 Å². The fourth-order valence-electron chi connectivity index (χ4n) is 3.63. The molecule has 1 N–H and O–H groups in total. The zero-order valence-corrected chi connectivity index (χ0v) is 17.3. The lowest BCUT2D eigenvalue weighted by Crippen LogP contribution is -2.24. The van der Waals surface area contributed by atoms with Crippen LogP contribution in [0.3, 0.4) is 0 Å². The van der Waals surface area contributed by atoms with Crippen LogP contribution < -0.4 is 9.47 Å². The van der Waals surface area contributed by atoms with Crippen molar-refractivity contribution in [2.75, 3.05) is 13.7 Å². The van der Waals surface area contributed by atoms with Gasteiger partial charge in [-0.25, -0.2) is 4.98 Å². The van der Waals surface area contributed by atoms with Crippen LogP contribution in [0.15, 0.2) is 72.8 Å². The molecule has 4 aromatic rings. The molecular weight excluding hydrogens is 376 g/mol. The monoisotopic (exact) mass is 402 g/mol. The van der Waals surface area contributed by atoms with Crippen LogP contribution in [0.5, 0.6) is 11.5 Å². The molecule has 0 saturated heterocycles. The highest BCUT2D eigenvalue weighted by molar-refractivity contribution is 5.76. The van der Waals surface area contributed by atoms with Crippen LogP contribution in [-0.4, -0.2) is 34.5 Å². The molecule has 0 aliphatic rings. The predicted octanol–water partition coefficient (Wildman–Crippen LogP) is 4.38. The van der Waals surface area contributed by atoms with Crippen LogP contribution in [-0.2, 0) is 13.0 Å². The second kappa shape index (κ2) is 9.01. The van der Waals surface area contributed by atoms with Gasteiger partial charge < -0.3 is 19.1 Å². The van der Waals surface area contributed by atoms with Gasteiger partial charge in [0.2, 0.25) is 0 Å². The summed E-state index contributed by atoms with van der Waals surface area (Å²) >= 11 is 0. The Morgan fingerprint density at radius 3 is 2.43 bits per heavy atom. The van der Waals surface area contributed by atoms with Crippen molar-refractivity contribution in [3.63, 3.8) is 0 Å². The molecule has 3 aromatic carbocycles. The van der Waals surface area contributed by atoms with E-state index < -0.39 is 6.10 Å². The smallest absolute Gasteiger partial charge is 0.161 e. The van der Waals surface area contributed by atoms with E-state index in [-0.39, 0.29) is 6.61 Å². The number of aliphatic hydroxyl groups is 1. The van der Waals surface area contributed by atoms with E-state index in [1.807, 2.05) is 60.7 Å². The molecule has 0 spiro atoms. The molecular formula is C25H26N2O3. The highest BCUT2D eigenvalue weighted by atomic mass is 16.5. The fourth-order valence-corrected chi connectivity index (χ4v) is 3.63. The van der Waals surface area contributed by atoms with Gasteiger partial charge in [-0.2, -0.15) is 0 Å². The first-order valence-corrected chi connectivity index (χ1v) is 10.1. The lowest BCUT2D eigenvalue weighted by molar-refractivity contribution is 0.0913. The third-order valence-corrected chi connectivity index (χ3v) is 5.24. The second-order valence-electron chi connectivity index (χ2n) is 7.35. The van der Waals surface area contributed by atoms with Crippen molar-refractivity contribution in [2.45, 2.75) is 26.0 Å². The van der Waals surface area contributed by atoms with Crippen LogP contribution in [0.2, 0.25) is 0 Å². The minimum atomic E-state index is -0.692. The van der Waals surface area contributed by atoms with E-state index in [0.717, 1.165) is 16.9 Å². The molecule has 4 rings (SSSR count). The number of rotatable bonds is 8. The van der Waals surface area contributed by atoms with Crippen molar-refractivity contribution >= 4 is 11.0 Å². The van der Waals surface area contributed by atoms with Crippen molar-refractivity contribution in [1.82, 2.24) is 9.55 Å². The molecule has 1 atom stereocenters. The molecule has 1 aromatic heterocycles.